The zero-order valence-electron chi connectivity index (χ0n) is 10.8. The molecule has 0 fully saturated rings. The molecule has 1 N–H and O–H groups in total. The van der Waals surface area contributed by atoms with E-state index in [-0.39, 0.29) is 0 Å². The van der Waals surface area contributed by atoms with Gasteiger partial charge in [0.15, 0.2) is 0 Å². The number of benzene rings is 1. The standard InChI is InChI=1S/C15H14N2O2/c1-10-3-4-12(9-16)7-14(10)19-15-8-13(11(2)18)5-6-17-15/h3-8,11,18H,1-2H3. The molecule has 1 aromatic carbocycles. The number of rotatable bonds is 3. The van der Waals surface area contributed by atoms with Crippen molar-refractivity contribution in [1.29, 1.82) is 5.26 Å². The van der Waals surface area contributed by atoms with Gasteiger partial charge in [0.05, 0.1) is 17.7 Å². The third-order valence-corrected chi connectivity index (χ3v) is 2.77. The van der Waals surface area contributed by atoms with E-state index in [1.165, 1.54) is 0 Å². The largest absolute Gasteiger partial charge is 0.439 e. The van der Waals surface area contributed by atoms with Gasteiger partial charge in [0.2, 0.25) is 5.88 Å². The summed E-state index contributed by atoms with van der Waals surface area (Å²) in [6, 6.07) is 10.7. The zero-order valence-corrected chi connectivity index (χ0v) is 10.8. The third kappa shape index (κ3) is 3.09. The maximum atomic E-state index is 9.52. The highest BCUT2D eigenvalue weighted by atomic mass is 16.5. The maximum absolute atomic E-state index is 9.52. The monoisotopic (exact) mass is 254 g/mol. The number of aliphatic hydroxyl groups is 1. The number of nitrogens with zero attached hydrogens (tertiary/aromatic N) is 2. The second-order valence-corrected chi connectivity index (χ2v) is 4.30. The Morgan fingerprint density at radius 2 is 2.11 bits per heavy atom. The van der Waals surface area contributed by atoms with Crippen LogP contribution in [-0.2, 0) is 0 Å². The Morgan fingerprint density at radius 1 is 1.32 bits per heavy atom. The molecule has 1 heterocycles. The maximum Gasteiger partial charge on any atom is 0.219 e. The van der Waals surface area contributed by atoms with Gasteiger partial charge in [0.25, 0.3) is 0 Å². The first-order valence-electron chi connectivity index (χ1n) is 5.93. The molecule has 0 spiro atoms. The van der Waals surface area contributed by atoms with Crippen molar-refractivity contribution in [3.63, 3.8) is 0 Å². The molecule has 4 nitrogen and oxygen atoms in total. The topological polar surface area (TPSA) is 66.1 Å². The van der Waals surface area contributed by atoms with Gasteiger partial charge in [-0.05, 0) is 43.2 Å². The lowest BCUT2D eigenvalue weighted by atomic mass is 10.1. The first-order valence-corrected chi connectivity index (χ1v) is 5.93. The summed E-state index contributed by atoms with van der Waals surface area (Å²) < 4.78 is 5.67. The molecule has 1 unspecified atom stereocenters. The Morgan fingerprint density at radius 3 is 2.79 bits per heavy atom. The molecule has 2 aromatic rings. The number of ether oxygens (including phenoxy) is 1. The lowest BCUT2D eigenvalue weighted by Crippen LogP contribution is -1.95. The number of nitriles is 1. The van der Waals surface area contributed by atoms with E-state index in [0.717, 1.165) is 11.1 Å². The minimum Gasteiger partial charge on any atom is -0.439 e. The highest BCUT2D eigenvalue weighted by molar-refractivity contribution is 5.43. The number of aromatic nitrogens is 1. The van der Waals surface area contributed by atoms with E-state index in [0.29, 0.717) is 17.2 Å². The van der Waals surface area contributed by atoms with Gasteiger partial charge < -0.3 is 9.84 Å². The predicted molar refractivity (Wildman–Crippen MR) is 70.8 cm³/mol. The Bertz CT molecular complexity index is 630. The van der Waals surface area contributed by atoms with Crippen LogP contribution in [0.3, 0.4) is 0 Å². The first kappa shape index (κ1) is 13.1. The van der Waals surface area contributed by atoms with Gasteiger partial charge in [-0.2, -0.15) is 5.26 Å². The van der Waals surface area contributed by atoms with Gasteiger partial charge in [0.1, 0.15) is 5.75 Å². The molecule has 0 aliphatic carbocycles. The van der Waals surface area contributed by atoms with Gasteiger partial charge in [-0.3, -0.25) is 0 Å². The lowest BCUT2D eigenvalue weighted by molar-refractivity contribution is 0.198. The Kier molecular flexibility index (Phi) is 3.79. The Labute approximate surface area is 111 Å². The summed E-state index contributed by atoms with van der Waals surface area (Å²) >= 11 is 0. The Balaban J connectivity index is 2.31. The summed E-state index contributed by atoms with van der Waals surface area (Å²) in [6.07, 6.45) is 1.01. The van der Waals surface area contributed by atoms with Crippen LogP contribution in [0.25, 0.3) is 0 Å². The lowest BCUT2D eigenvalue weighted by Gasteiger charge is -2.10. The molecule has 2 rings (SSSR count). The quantitative estimate of drug-likeness (QED) is 0.913. The molecule has 0 amide bonds. The van der Waals surface area contributed by atoms with Gasteiger partial charge in [-0.25, -0.2) is 4.98 Å². The molecule has 0 aliphatic heterocycles. The molecule has 0 saturated heterocycles. The molecule has 1 atom stereocenters. The van der Waals surface area contributed by atoms with Gasteiger partial charge in [-0.15, -0.1) is 0 Å². The van der Waals surface area contributed by atoms with Crippen molar-refractivity contribution >= 4 is 0 Å². The molecular formula is C15H14N2O2. The fraction of sp³-hybridized carbons (Fsp3) is 0.200. The molecule has 1 aromatic heterocycles. The van der Waals surface area contributed by atoms with Gasteiger partial charge in [0, 0.05) is 12.3 Å². The van der Waals surface area contributed by atoms with Crippen molar-refractivity contribution < 1.29 is 9.84 Å². The first-order chi connectivity index (χ1) is 9.10. The number of hydrogen-bond donors (Lipinski definition) is 1. The van der Waals surface area contributed by atoms with Crippen molar-refractivity contribution in [1.82, 2.24) is 4.98 Å². The van der Waals surface area contributed by atoms with E-state index in [2.05, 4.69) is 11.1 Å². The van der Waals surface area contributed by atoms with E-state index < -0.39 is 6.10 Å². The second-order valence-electron chi connectivity index (χ2n) is 4.30. The van der Waals surface area contributed by atoms with Crippen molar-refractivity contribution in [3.05, 3.63) is 53.2 Å². The van der Waals surface area contributed by atoms with E-state index in [9.17, 15) is 5.11 Å². The number of aryl methyl sites for hydroxylation is 1. The number of hydrogen-bond acceptors (Lipinski definition) is 4. The fourth-order valence-corrected chi connectivity index (χ4v) is 1.63. The summed E-state index contributed by atoms with van der Waals surface area (Å²) in [6.45, 7) is 3.58. The minimum atomic E-state index is -0.572. The minimum absolute atomic E-state index is 0.400. The molecule has 19 heavy (non-hydrogen) atoms. The van der Waals surface area contributed by atoms with E-state index >= 15 is 0 Å². The van der Waals surface area contributed by atoms with E-state index in [1.54, 1.807) is 37.4 Å². The summed E-state index contributed by atoms with van der Waals surface area (Å²) in [4.78, 5) is 4.10. The predicted octanol–water partition coefficient (Wildman–Crippen LogP) is 3.11. The summed E-state index contributed by atoms with van der Waals surface area (Å²) in [7, 11) is 0. The SMILES string of the molecule is Cc1ccc(C#N)cc1Oc1cc(C(C)O)ccn1. The van der Waals surface area contributed by atoms with E-state index in [4.69, 9.17) is 10.00 Å². The molecule has 0 radical (unpaired) electrons. The van der Waals surface area contributed by atoms with Crippen LogP contribution in [0.2, 0.25) is 0 Å². The number of pyridine rings is 1. The highest BCUT2D eigenvalue weighted by Crippen LogP contribution is 2.26. The van der Waals surface area contributed by atoms with Crippen molar-refractivity contribution in [2.45, 2.75) is 20.0 Å². The average Bonchev–Trinajstić information content (AvgIpc) is 2.41. The Hall–Kier alpha value is -2.38. The van der Waals surface area contributed by atoms with Crippen molar-refractivity contribution in [2.24, 2.45) is 0 Å². The summed E-state index contributed by atoms with van der Waals surface area (Å²) in [5, 5.41) is 18.4. The van der Waals surface area contributed by atoms with Crippen LogP contribution in [0.15, 0.2) is 36.5 Å². The smallest absolute Gasteiger partial charge is 0.219 e. The third-order valence-electron chi connectivity index (χ3n) is 2.77. The van der Waals surface area contributed by atoms with Crippen molar-refractivity contribution in [3.8, 4) is 17.7 Å². The van der Waals surface area contributed by atoms with Crippen LogP contribution < -0.4 is 4.74 Å². The van der Waals surface area contributed by atoms with E-state index in [1.807, 2.05) is 13.0 Å². The van der Waals surface area contributed by atoms with Crippen LogP contribution in [0.4, 0.5) is 0 Å². The normalized spacial score (nSPS) is 11.7. The second kappa shape index (κ2) is 5.51. The number of aliphatic hydroxyl groups excluding tert-OH is 1. The summed E-state index contributed by atoms with van der Waals surface area (Å²) in [5.41, 5.74) is 2.19. The fourth-order valence-electron chi connectivity index (χ4n) is 1.63. The van der Waals surface area contributed by atoms with Crippen LogP contribution >= 0.6 is 0 Å². The molecular weight excluding hydrogens is 240 g/mol. The summed E-state index contributed by atoms with van der Waals surface area (Å²) in [5.74, 6) is 0.992. The molecule has 96 valence electrons. The van der Waals surface area contributed by atoms with Crippen LogP contribution in [-0.4, -0.2) is 10.1 Å². The molecule has 0 aliphatic rings. The van der Waals surface area contributed by atoms with Crippen molar-refractivity contribution in [2.75, 3.05) is 0 Å². The molecule has 0 bridgehead atoms. The van der Waals surface area contributed by atoms with Gasteiger partial charge >= 0.3 is 0 Å². The molecule has 0 saturated carbocycles. The van der Waals surface area contributed by atoms with Crippen LogP contribution in [0, 0.1) is 18.3 Å². The van der Waals surface area contributed by atoms with Crippen LogP contribution in [0.5, 0.6) is 11.6 Å². The zero-order chi connectivity index (χ0) is 13.8. The van der Waals surface area contributed by atoms with Crippen LogP contribution in [0.1, 0.15) is 29.7 Å². The average molecular weight is 254 g/mol. The van der Waals surface area contributed by atoms with Gasteiger partial charge in [-0.1, -0.05) is 6.07 Å². The highest BCUT2D eigenvalue weighted by Gasteiger charge is 2.07. The molecule has 4 heteroatoms.